The molecule has 0 aromatic carbocycles. The Bertz CT molecular complexity index is 168. The zero-order chi connectivity index (χ0) is 8.81. The number of rotatable bonds is 5. The van der Waals surface area contributed by atoms with Crippen molar-refractivity contribution in [2.75, 3.05) is 13.1 Å². The minimum absolute atomic E-state index is 0.129. The van der Waals surface area contributed by atoms with Crippen LogP contribution in [0, 0.1) is 0 Å². The van der Waals surface area contributed by atoms with Crippen molar-refractivity contribution in [2.45, 2.75) is 18.9 Å². The maximum Gasteiger partial charge on any atom is 0.407 e. The predicted molar refractivity (Wildman–Crippen MR) is 41.6 cm³/mol. The van der Waals surface area contributed by atoms with Gasteiger partial charge in [0.15, 0.2) is 0 Å². The van der Waals surface area contributed by atoms with Crippen molar-refractivity contribution < 1.29 is 14.3 Å². The van der Waals surface area contributed by atoms with E-state index in [0.29, 0.717) is 19.5 Å². The average Bonchev–Trinajstić information content (AvgIpc) is 2.82. The van der Waals surface area contributed by atoms with Crippen molar-refractivity contribution in [1.29, 1.82) is 0 Å². The lowest BCUT2D eigenvalue weighted by Crippen LogP contribution is -2.32. The minimum atomic E-state index is -0.398. The molecule has 1 saturated carbocycles. The van der Waals surface area contributed by atoms with E-state index < -0.39 is 6.09 Å². The van der Waals surface area contributed by atoms with Crippen molar-refractivity contribution in [2.24, 2.45) is 0 Å². The summed E-state index contributed by atoms with van der Waals surface area (Å²) in [7, 11) is 0. The number of carbonyl (C=O) groups excluding carboxylic acids is 2. The van der Waals surface area contributed by atoms with E-state index in [1.807, 2.05) is 0 Å². The highest BCUT2D eigenvalue weighted by Crippen LogP contribution is 2.23. The lowest BCUT2D eigenvalue weighted by Gasteiger charge is -2.04. The number of hydrogen-bond donors (Lipinski definition) is 2. The first kappa shape index (κ1) is 8.83. The molecule has 0 atom stereocenters. The molecular weight excluding hydrogens is 160 g/mol. The van der Waals surface area contributed by atoms with Crippen LogP contribution in [0.15, 0.2) is 0 Å². The van der Waals surface area contributed by atoms with Gasteiger partial charge >= 0.3 is 6.09 Å². The van der Waals surface area contributed by atoms with E-state index in [-0.39, 0.29) is 6.10 Å². The molecule has 2 amide bonds. The fraction of sp³-hybridized carbons (Fsp3) is 0.714. The summed E-state index contributed by atoms with van der Waals surface area (Å²) in [5.41, 5.74) is 0. The standard InChI is InChI=1S/C7H12N2O3/c10-5-8-3-4-9-7(11)12-6-1-2-6/h5-6H,1-4H2,(H,8,10)(H,9,11). The molecule has 0 heterocycles. The molecule has 5 nitrogen and oxygen atoms in total. The molecule has 1 aliphatic carbocycles. The van der Waals surface area contributed by atoms with Gasteiger partial charge in [-0.05, 0) is 12.8 Å². The van der Waals surface area contributed by atoms with Crippen LogP contribution in [-0.4, -0.2) is 31.7 Å². The zero-order valence-corrected chi connectivity index (χ0v) is 6.71. The van der Waals surface area contributed by atoms with Gasteiger partial charge in [-0.1, -0.05) is 0 Å². The van der Waals surface area contributed by atoms with Crippen LogP contribution in [0.3, 0.4) is 0 Å². The summed E-state index contributed by atoms with van der Waals surface area (Å²) >= 11 is 0. The van der Waals surface area contributed by atoms with Crippen molar-refractivity contribution >= 4 is 12.5 Å². The second-order valence-corrected chi connectivity index (χ2v) is 2.60. The van der Waals surface area contributed by atoms with Gasteiger partial charge < -0.3 is 15.4 Å². The Balaban J connectivity index is 1.90. The molecular formula is C7H12N2O3. The SMILES string of the molecule is O=CNCCNC(=O)OC1CC1. The highest BCUT2D eigenvalue weighted by molar-refractivity contribution is 5.67. The summed E-state index contributed by atoms with van der Waals surface area (Å²) in [5, 5.41) is 4.93. The second kappa shape index (κ2) is 4.58. The Kier molecular flexibility index (Phi) is 3.37. The van der Waals surface area contributed by atoms with Crippen molar-refractivity contribution in [3.63, 3.8) is 0 Å². The van der Waals surface area contributed by atoms with Gasteiger partial charge in [-0.3, -0.25) is 4.79 Å². The maximum atomic E-state index is 10.8. The van der Waals surface area contributed by atoms with Crippen molar-refractivity contribution in [3.05, 3.63) is 0 Å². The topological polar surface area (TPSA) is 67.4 Å². The number of amides is 2. The van der Waals surface area contributed by atoms with Crippen LogP contribution in [0.1, 0.15) is 12.8 Å². The third-order valence-electron chi connectivity index (χ3n) is 1.42. The lowest BCUT2D eigenvalue weighted by molar-refractivity contribution is -0.109. The van der Waals surface area contributed by atoms with Gasteiger partial charge in [0.05, 0.1) is 0 Å². The third-order valence-corrected chi connectivity index (χ3v) is 1.42. The van der Waals surface area contributed by atoms with E-state index in [1.165, 1.54) is 0 Å². The van der Waals surface area contributed by atoms with Crippen LogP contribution in [0.25, 0.3) is 0 Å². The number of alkyl carbamates (subject to hydrolysis) is 1. The van der Waals surface area contributed by atoms with Gasteiger partial charge in [-0.25, -0.2) is 4.79 Å². The molecule has 1 fully saturated rings. The minimum Gasteiger partial charge on any atom is -0.446 e. The Morgan fingerprint density at radius 3 is 2.83 bits per heavy atom. The summed E-state index contributed by atoms with van der Waals surface area (Å²) in [6.07, 6.45) is 2.27. The smallest absolute Gasteiger partial charge is 0.407 e. The van der Waals surface area contributed by atoms with Gasteiger partial charge in [0.1, 0.15) is 6.10 Å². The first-order chi connectivity index (χ1) is 5.83. The summed E-state index contributed by atoms with van der Waals surface area (Å²) in [5.74, 6) is 0. The predicted octanol–water partition coefficient (Wildman–Crippen LogP) is -0.379. The molecule has 0 aliphatic heterocycles. The van der Waals surface area contributed by atoms with Gasteiger partial charge in [-0.15, -0.1) is 0 Å². The quantitative estimate of drug-likeness (QED) is 0.439. The van der Waals surface area contributed by atoms with Crippen molar-refractivity contribution in [1.82, 2.24) is 10.6 Å². The molecule has 0 bridgehead atoms. The Morgan fingerprint density at radius 1 is 1.50 bits per heavy atom. The summed E-state index contributed by atoms with van der Waals surface area (Å²) < 4.78 is 4.88. The first-order valence-corrected chi connectivity index (χ1v) is 3.94. The molecule has 0 saturated heterocycles. The number of ether oxygens (including phenoxy) is 1. The number of hydrogen-bond acceptors (Lipinski definition) is 3. The van der Waals surface area contributed by atoms with Gasteiger partial charge in [0.2, 0.25) is 6.41 Å². The fourth-order valence-corrected chi connectivity index (χ4v) is 0.675. The fourth-order valence-electron chi connectivity index (χ4n) is 0.675. The monoisotopic (exact) mass is 172 g/mol. The van der Waals surface area contributed by atoms with E-state index in [0.717, 1.165) is 12.8 Å². The molecule has 2 N–H and O–H groups in total. The molecule has 0 unspecified atom stereocenters. The van der Waals surface area contributed by atoms with Crippen LogP contribution < -0.4 is 10.6 Å². The molecule has 12 heavy (non-hydrogen) atoms. The Hall–Kier alpha value is -1.26. The summed E-state index contributed by atoms with van der Waals surface area (Å²) in [4.78, 5) is 20.6. The number of carbonyl (C=O) groups is 2. The van der Waals surface area contributed by atoms with Gasteiger partial charge in [-0.2, -0.15) is 0 Å². The van der Waals surface area contributed by atoms with E-state index in [4.69, 9.17) is 4.74 Å². The first-order valence-electron chi connectivity index (χ1n) is 3.94. The van der Waals surface area contributed by atoms with Crippen LogP contribution >= 0.6 is 0 Å². The normalized spacial score (nSPS) is 15.0. The lowest BCUT2D eigenvalue weighted by atomic mass is 10.6. The van der Waals surface area contributed by atoms with Crippen LogP contribution in [0.4, 0.5) is 4.79 Å². The van der Waals surface area contributed by atoms with Gasteiger partial charge in [0, 0.05) is 13.1 Å². The molecule has 0 aromatic heterocycles. The second-order valence-electron chi connectivity index (χ2n) is 2.60. The Labute approximate surface area is 70.5 Å². The van der Waals surface area contributed by atoms with E-state index in [1.54, 1.807) is 0 Å². The maximum absolute atomic E-state index is 10.8. The van der Waals surface area contributed by atoms with E-state index in [2.05, 4.69) is 10.6 Å². The van der Waals surface area contributed by atoms with Crippen LogP contribution in [0.5, 0.6) is 0 Å². The largest absolute Gasteiger partial charge is 0.446 e. The average molecular weight is 172 g/mol. The molecule has 0 aromatic rings. The van der Waals surface area contributed by atoms with Crippen LogP contribution in [0.2, 0.25) is 0 Å². The molecule has 5 heteroatoms. The third kappa shape index (κ3) is 3.80. The molecule has 1 aliphatic rings. The summed E-state index contributed by atoms with van der Waals surface area (Å²) in [6, 6.07) is 0. The zero-order valence-electron chi connectivity index (χ0n) is 6.71. The van der Waals surface area contributed by atoms with E-state index in [9.17, 15) is 9.59 Å². The highest BCUT2D eigenvalue weighted by atomic mass is 16.6. The van der Waals surface area contributed by atoms with Crippen molar-refractivity contribution in [3.8, 4) is 0 Å². The van der Waals surface area contributed by atoms with Crippen LogP contribution in [-0.2, 0) is 9.53 Å². The molecule has 1 rings (SSSR count). The molecule has 0 spiro atoms. The highest BCUT2D eigenvalue weighted by Gasteiger charge is 2.25. The summed E-state index contributed by atoms with van der Waals surface area (Å²) in [6.45, 7) is 0.841. The Morgan fingerprint density at radius 2 is 2.25 bits per heavy atom. The van der Waals surface area contributed by atoms with Gasteiger partial charge in [0.25, 0.3) is 0 Å². The van der Waals surface area contributed by atoms with E-state index >= 15 is 0 Å². The molecule has 68 valence electrons. The number of nitrogens with one attached hydrogen (secondary N) is 2. The molecule has 0 radical (unpaired) electrons.